The number of halogens is 1. The van der Waals surface area contributed by atoms with Crippen molar-refractivity contribution in [2.75, 3.05) is 30.0 Å². The summed E-state index contributed by atoms with van der Waals surface area (Å²) in [6.07, 6.45) is 6.16. The lowest BCUT2D eigenvalue weighted by atomic mass is 9.99. The molecule has 0 aliphatic carbocycles. The number of hydrogen-bond donors (Lipinski definition) is 0. The van der Waals surface area contributed by atoms with Crippen LogP contribution in [0, 0.1) is 13.0 Å². The number of aryl methyl sites for hydroxylation is 2. The van der Waals surface area contributed by atoms with Crippen molar-refractivity contribution in [1.82, 2.24) is 4.57 Å². The molecule has 7 heteroatoms. The van der Waals surface area contributed by atoms with Crippen molar-refractivity contribution in [2.45, 2.75) is 32.2 Å². The van der Waals surface area contributed by atoms with Crippen LogP contribution in [-0.4, -0.2) is 38.1 Å². The molecule has 0 amide bonds. The topological polar surface area (TPSA) is 55.5 Å². The second-order valence-electron chi connectivity index (χ2n) is 9.19. The fourth-order valence-corrected chi connectivity index (χ4v) is 5.69. The fraction of sp³-hybridized carbons (Fsp3) is 0.333. The van der Waals surface area contributed by atoms with Crippen LogP contribution in [0.5, 0.6) is 0 Å². The highest BCUT2D eigenvalue weighted by atomic mass is 35.5. The molecule has 5 rings (SSSR count). The largest absolute Gasteiger partial charge is 0.447 e. The third-order valence-corrected chi connectivity index (χ3v) is 7.72. The Kier molecular flexibility index (Phi) is 6.21. The van der Waals surface area contributed by atoms with Gasteiger partial charge in [-0.05, 0) is 85.3 Å². The van der Waals surface area contributed by atoms with Crippen LogP contribution in [0.3, 0.4) is 0 Å². The van der Waals surface area contributed by atoms with Gasteiger partial charge in [-0.2, -0.15) is 0 Å². The second kappa shape index (κ2) is 9.16. The van der Waals surface area contributed by atoms with E-state index < -0.39 is 9.84 Å². The van der Waals surface area contributed by atoms with Crippen molar-refractivity contribution in [3.8, 4) is 0 Å². The normalized spacial score (nSPS) is 15.3. The van der Waals surface area contributed by atoms with Crippen molar-refractivity contribution < 1.29 is 12.8 Å². The fourth-order valence-electron chi connectivity index (χ4n) is 4.95. The maximum Gasteiger partial charge on any atom is 0.193 e. The van der Waals surface area contributed by atoms with Gasteiger partial charge in [0.25, 0.3) is 0 Å². The minimum absolute atomic E-state index is 0.0990. The Hall–Kier alpha value is -2.70. The summed E-state index contributed by atoms with van der Waals surface area (Å²) >= 11 is 6.24. The van der Waals surface area contributed by atoms with Crippen molar-refractivity contribution in [3.63, 3.8) is 0 Å². The Morgan fingerprint density at radius 2 is 1.94 bits per heavy atom. The minimum Gasteiger partial charge on any atom is -0.447 e. The number of furan rings is 1. The highest BCUT2D eigenvalue weighted by molar-refractivity contribution is 7.90. The van der Waals surface area contributed by atoms with Crippen LogP contribution in [0.2, 0.25) is 5.22 Å². The van der Waals surface area contributed by atoms with Gasteiger partial charge in [0.05, 0.1) is 5.75 Å². The summed E-state index contributed by atoms with van der Waals surface area (Å²) in [5, 5.41) is 1.35. The van der Waals surface area contributed by atoms with Gasteiger partial charge in [0.2, 0.25) is 0 Å². The minimum atomic E-state index is -3.09. The molecule has 1 atom stereocenters. The quantitative estimate of drug-likeness (QED) is 0.324. The van der Waals surface area contributed by atoms with Crippen molar-refractivity contribution in [3.05, 3.63) is 88.5 Å². The third-order valence-electron chi connectivity index (χ3n) is 6.57. The molecule has 1 unspecified atom stereocenters. The van der Waals surface area contributed by atoms with E-state index in [0.717, 1.165) is 40.9 Å². The Balaban J connectivity index is 1.72. The van der Waals surface area contributed by atoms with Crippen molar-refractivity contribution in [2.24, 2.45) is 0 Å². The van der Waals surface area contributed by atoms with Crippen molar-refractivity contribution >= 4 is 38.0 Å². The van der Waals surface area contributed by atoms with E-state index in [-0.39, 0.29) is 11.8 Å². The van der Waals surface area contributed by atoms with Gasteiger partial charge in [0, 0.05) is 47.7 Å². The number of fused-ring (bicyclic) bond motifs is 1. The summed E-state index contributed by atoms with van der Waals surface area (Å²) in [5.41, 5.74) is 5.54. The number of anilines is 1. The van der Waals surface area contributed by atoms with E-state index >= 15 is 0 Å². The van der Waals surface area contributed by atoms with Gasteiger partial charge in [-0.25, -0.2) is 8.42 Å². The standard InChI is InChI=1S/C27H28ClN2O3S/c1-19-9-10-22(24(17-19)29-14-5-6-15-29)27(25-11-12-26(28)33-25)30-18-20(13-16-34(2,31)32)21-7-3-4-8-23(21)30/h4,7-12,17-18,27H,5-6,13-16H2,1-2H3. The zero-order valence-corrected chi connectivity index (χ0v) is 21.0. The molecule has 1 fully saturated rings. The van der Waals surface area contributed by atoms with Crippen LogP contribution in [0.1, 0.15) is 41.3 Å². The predicted octanol–water partition coefficient (Wildman–Crippen LogP) is 5.82. The first-order chi connectivity index (χ1) is 16.3. The molecule has 0 N–H and O–H groups in total. The molecular weight excluding hydrogens is 468 g/mol. The maximum absolute atomic E-state index is 11.9. The Morgan fingerprint density at radius 3 is 2.65 bits per heavy atom. The molecule has 5 nitrogen and oxygen atoms in total. The molecule has 1 radical (unpaired) electrons. The zero-order chi connectivity index (χ0) is 23.9. The molecule has 34 heavy (non-hydrogen) atoms. The number of sulfone groups is 1. The predicted molar refractivity (Wildman–Crippen MR) is 138 cm³/mol. The van der Waals surface area contributed by atoms with Gasteiger partial charge in [-0.3, -0.25) is 0 Å². The highest BCUT2D eigenvalue weighted by Gasteiger charge is 2.28. The van der Waals surface area contributed by atoms with Gasteiger partial charge in [-0.15, -0.1) is 0 Å². The SMILES string of the molecule is Cc1ccc(C(c2ccc(Cl)o2)n2cc(CCS(C)(=O)=O)c3c[c]ccc32)c(N2CCCC2)c1. The average molecular weight is 496 g/mol. The number of hydrogen-bond acceptors (Lipinski definition) is 4. The molecule has 0 saturated carbocycles. The number of benzene rings is 2. The highest BCUT2D eigenvalue weighted by Crippen LogP contribution is 2.40. The van der Waals surface area contributed by atoms with Crippen LogP contribution in [0.25, 0.3) is 10.9 Å². The maximum atomic E-state index is 11.9. The molecule has 2 aromatic carbocycles. The molecular formula is C27H28ClN2O3S. The van der Waals surface area contributed by atoms with Crippen LogP contribution in [0.15, 0.2) is 59.1 Å². The monoisotopic (exact) mass is 495 g/mol. The Bertz CT molecular complexity index is 1430. The van der Waals surface area contributed by atoms with Gasteiger partial charge >= 0.3 is 0 Å². The summed E-state index contributed by atoms with van der Waals surface area (Å²) < 4.78 is 32.0. The first-order valence-electron chi connectivity index (χ1n) is 11.6. The molecule has 177 valence electrons. The molecule has 0 spiro atoms. The lowest BCUT2D eigenvalue weighted by Crippen LogP contribution is -2.22. The number of aromatic nitrogens is 1. The average Bonchev–Trinajstić information content (AvgIpc) is 3.54. The van der Waals surface area contributed by atoms with Gasteiger partial charge in [-0.1, -0.05) is 18.2 Å². The summed E-state index contributed by atoms with van der Waals surface area (Å²) in [6.45, 7) is 4.18. The number of rotatable bonds is 7. The molecule has 1 aliphatic heterocycles. The van der Waals surface area contributed by atoms with E-state index in [0.29, 0.717) is 11.6 Å². The molecule has 1 saturated heterocycles. The molecule has 0 bridgehead atoms. The zero-order valence-electron chi connectivity index (χ0n) is 19.4. The summed E-state index contributed by atoms with van der Waals surface area (Å²) in [5.74, 6) is 0.843. The first-order valence-corrected chi connectivity index (χ1v) is 14.0. The van der Waals surface area contributed by atoms with Gasteiger partial charge in [0.15, 0.2) is 5.22 Å². The summed E-state index contributed by atoms with van der Waals surface area (Å²) in [7, 11) is -3.09. The van der Waals surface area contributed by atoms with Crippen molar-refractivity contribution in [1.29, 1.82) is 0 Å². The van der Waals surface area contributed by atoms with Gasteiger partial charge < -0.3 is 13.9 Å². The van der Waals surface area contributed by atoms with E-state index in [2.05, 4.69) is 46.9 Å². The Labute approximate surface area is 205 Å². The van der Waals surface area contributed by atoms with E-state index in [1.165, 1.54) is 30.3 Å². The third kappa shape index (κ3) is 4.62. The van der Waals surface area contributed by atoms with Crippen LogP contribution in [-0.2, 0) is 16.3 Å². The molecule has 3 heterocycles. The van der Waals surface area contributed by atoms with E-state index in [4.69, 9.17) is 16.0 Å². The molecule has 2 aromatic heterocycles. The smallest absolute Gasteiger partial charge is 0.193 e. The second-order valence-corrected chi connectivity index (χ2v) is 11.8. The summed E-state index contributed by atoms with van der Waals surface area (Å²) in [4.78, 5) is 2.45. The van der Waals surface area contributed by atoms with Crippen LogP contribution in [0.4, 0.5) is 5.69 Å². The molecule has 1 aliphatic rings. The molecule has 4 aromatic rings. The number of nitrogens with zero attached hydrogens (tertiary/aromatic N) is 2. The van der Waals surface area contributed by atoms with E-state index in [9.17, 15) is 8.42 Å². The summed E-state index contributed by atoms with van der Waals surface area (Å²) in [6, 6.07) is 19.0. The van der Waals surface area contributed by atoms with E-state index in [1.807, 2.05) is 24.3 Å². The first kappa shape index (κ1) is 23.1. The lowest BCUT2D eigenvalue weighted by Gasteiger charge is -2.27. The Morgan fingerprint density at radius 1 is 1.15 bits per heavy atom. The lowest BCUT2D eigenvalue weighted by molar-refractivity contribution is 0.466. The van der Waals surface area contributed by atoms with Crippen LogP contribution >= 0.6 is 11.6 Å². The van der Waals surface area contributed by atoms with Crippen LogP contribution < -0.4 is 4.90 Å². The van der Waals surface area contributed by atoms with Gasteiger partial charge in [0.1, 0.15) is 21.6 Å². The van der Waals surface area contributed by atoms with E-state index in [1.54, 1.807) is 6.07 Å².